The molecule has 28 heavy (non-hydrogen) atoms. The third-order valence-corrected chi connectivity index (χ3v) is 4.50. The molecule has 0 saturated carbocycles. The van der Waals surface area contributed by atoms with Crippen LogP contribution in [0.15, 0.2) is 48.5 Å². The number of carbonyl (C=O) groups excluding carboxylic acids is 2. The lowest BCUT2D eigenvalue weighted by molar-refractivity contribution is -0.0498. The van der Waals surface area contributed by atoms with Gasteiger partial charge in [0.15, 0.2) is 0 Å². The first-order valence-corrected chi connectivity index (χ1v) is 8.83. The summed E-state index contributed by atoms with van der Waals surface area (Å²) in [5.74, 6) is -1.26. The molecule has 2 amide bonds. The lowest BCUT2D eigenvalue weighted by atomic mass is 10.2. The van der Waals surface area contributed by atoms with Gasteiger partial charge in [0.25, 0.3) is 11.8 Å². The second kappa shape index (κ2) is 8.77. The lowest BCUT2D eigenvalue weighted by Crippen LogP contribution is -2.37. The van der Waals surface area contributed by atoms with Crippen LogP contribution in [0.3, 0.4) is 0 Å². The first-order chi connectivity index (χ1) is 13.5. The van der Waals surface area contributed by atoms with Gasteiger partial charge in [0.2, 0.25) is 0 Å². The first-order valence-electron chi connectivity index (χ1n) is 8.83. The number of alkyl halides is 2. The van der Waals surface area contributed by atoms with Crippen molar-refractivity contribution in [2.24, 2.45) is 0 Å². The summed E-state index contributed by atoms with van der Waals surface area (Å²) in [6, 6.07) is 11.3. The number of halogens is 3. The molecule has 0 bridgehead atoms. The van der Waals surface area contributed by atoms with Crippen LogP contribution in [0, 0.1) is 5.82 Å². The average molecular weight is 392 g/mol. The smallest absolute Gasteiger partial charge is 0.387 e. The second-order valence-corrected chi connectivity index (χ2v) is 6.32. The Balaban J connectivity index is 1.64. The van der Waals surface area contributed by atoms with Crippen LogP contribution in [0.25, 0.3) is 0 Å². The zero-order valence-electron chi connectivity index (χ0n) is 15.0. The summed E-state index contributed by atoms with van der Waals surface area (Å²) in [7, 11) is 0. The first kappa shape index (κ1) is 19.7. The SMILES string of the molecule is O=C(c1ccc(OC(F)F)cc1)N1CCCN(C(=O)c2ccccc2F)CC1. The van der Waals surface area contributed by atoms with Crippen molar-refractivity contribution in [1.29, 1.82) is 0 Å². The van der Waals surface area contributed by atoms with Crippen LogP contribution in [0.1, 0.15) is 27.1 Å². The van der Waals surface area contributed by atoms with E-state index in [0.29, 0.717) is 31.6 Å². The molecule has 148 valence electrons. The minimum absolute atomic E-state index is 0.0110. The van der Waals surface area contributed by atoms with Gasteiger partial charge in [0, 0.05) is 31.7 Å². The monoisotopic (exact) mass is 392 g/mol. The molecule has 5 nitrogen and oxygen atoms in total. The van der Waals surface area contributed by atoms with E-state index < -0.39 is 18.3 Å². The van der Waals surface area contributed by atoms with Crippen molar-refractivity contribution >= 4 is 11.8 Å². The van der Waals surface area contributed by atoms with Gasteiger partial charge in [-0.15, -0.1) is 0 Å². The molecule has 3 rings (SSSR count). The van der Waals surface area contributed by atoms with Crippen molar-refractivity contribution in [1.82, 2.24) is 9.80 Å². The summed E-state index contributed by atoms with van der Waals surface area (Å²) < 4.78 is 42.6. The van der Waals surface area contributed by atoms with Crippen LogP contribution < -0.4 is 4.74 Å². The molecule has 0 aliphatic carbocycles. The van der Waals surface area contributed by atoms with E-state index in [2.05, 4.69) is 4.74 Å². The highest BCUT2D eigenvalue weighted by atomic mass is 19.3. The van der Waals surface area contributed by atoms with Gasteiger partial charge in [-0.1, -0.05) is 12.1 Å². The molecular weight excluding hydrogens is 373 g/mol. The van der Waals surface area contributed by atoms with E-state index in [-0.39, 0.29) is 23.8 Å². The number of carbonyl (C=O) groups is 2. The predicted octanol–water partition coefficient (Wildman–Crippen LogP) is 3.42. The average Bonchev–Trinajstić information content (AvgIpc) is 2.94. The summed E-state index contributed by atoms with van der Waals surface area (Å²) in [5.41, 5.74) is 0.354. The number of benzene rings is 2. The van der Waals surface area contributed by atoms with E-state index in [1.54, 1.807) is 11.0 Å². The van der Waals surface area contributed by atoms with Crippen molar-refractivity contribution in [2.75, 3.05) is 26.2 Å². The number of ether oxygens (including phenoxy) is 1. The van der Waals surface area contributed by atoms with Gasteiger partial charge in [0.1, 0.15) is 11.6 Å². The molecule has 2 aromatic carbocycles. The zero-order chi connectivity index (χ0) is 20.1. The second-order valence-electron chi connectivity index (χ2n) is 6.32. The fourth-order valence-corrected chi connectivity index (χ4v) is 3.09. The Labute approximate surface area is 160 Å². The Morgan fingerprint density at radius 3 is 2.07 bits per heavy atom. The Morgan fingerprint density at radius 2 is 1.46 bits per heavy atom. The fraction of sp³-hybridized carbons (Fsp3) is 0.300. The van der Waals surface area contributed by atoms with E-state index >= 15 is 0 Å². The van der Waals surface area contributed by atoms with Gasteiger partial charge in [-0.3, -0.25) is 9.59 Å². The third-order valence-electron chi connectivity index (χ3n) is 4.50. The van der Waals surface area contributed by atoms with Gasteiger partial charge in [-0.25, -0.2) is 4.39 Å². The maximum absolute atomic E-state index is 13.9. The quantitative estimate of drug-likeness (QED) is 0.801. The predicted molar refractivity (Wildman–Crippen MR) is 95.9 cm³/mol. The molecule has 0 radical (unpaired) electrons. The van der Waals surface area contributed by atoms with Gasteiger partial charge in [0.05, 0.1) is 5.56 Å². The minimum Gasteiger partial charge on any atom is -0.435 e. The highest BCUT2D eigenvalue weighted by Crippen LogP contribution is 2.18. The number of amides is 2. The summed E-state index contributed by atoms with van der Waals surface area (Å²) in [5, 5.41) is 0. The normalized spacial score (nSPS) is 14.7. The molecule has 1 fully saturated rings. The maximum atomic E-state index is 13.9. The van der Waals surface area contributed by atoms with Crippen molar-refractivity contribution in [3.63, 3.8) is 0 Å². The summed E-state index contributed by atoms with van der Waals surface area (Å²) >= 11 is 0. The Hall–Kier alpha value is -3.03. The van der Waals surface area contributed by atoms with E-state index in [0.717, 1.165) is 0 Å². The highest BCUT2D eigenvalue weighted by Gasteiger charge is 2.24. The van der Waals surface area contributed by atoms with E-state index in [1.807, 2.05) is 0 Å². The van der Waals surface area contributed by atoms with Crippen molar-refractivity contribution in [3.05, 3.63) is 65.5 Å². The van der Waals surface area contributed by atoms with Gasteiger partial charge in [-0.05, 0) is 42.8 Å². The molecule has 1 aliphatic rings. The molecule has 1 aliphatic heterocycles. The minimum atomic E-state index is -2.93. The van der Waals surface area contributed by atoms with Crippen molar-refractivity contribution in [2.45, 2.75) is 13.0 Å². The van der Waals surface area contributed by atoms with E-state index in [1.165, 1.54) is 47.4 Å². The van der Waals surface area contributed by atoms with Gasteiger partial charge < -0.3 is 14.5 Å². The topological polar surface area (TPSA) is 49.9 Å². The third kappa shape index (κ3) is 4.62. The number of hydrogen-bond acceptors (Lipinski definition) is 3. The molecule has 0 spiro atoms. The zero-order valence-corrected chi connectivity index (χ0v) is 15.0. The van der Waals surface area contributed by atoms with E-state index in [9.17, 15) is 22.8 Å². The molecule has 1 heterocycles. The standard InChI is InChI=1S/C20H19F3N2O3/c21-17-5-2-1-4-16(17)19(27)25-11-3-10-24(12-13-25)18(26)14-6-8-15(9-7-14)28-20(22)23/h1-2,4-9,20H,3,10-13H2. The Kier molecular flexibility index (Phi) is 6.18. The van der Waals surface area contributed by atoms with Crippen LogP contribution in [-0.4, -0.2) is 54.4 Å². The largest absolute Gasteiger partial charge is 0.435 e. The fourth-order valence-electron chi connectivity index (χ4n) is 3.09. The molecule has 0 aromatic heterocycles. The van der Waals surface area contributed by atoms with Crippen LogP contribution in [-0.2, 0) is 0 Å². The molecule has 2 aromatic rings. The molecular formula is C20H19F3N2O3. The molecule has 0 unspecified atom stereocenters. The Morgan fingerprint density at radius 1 is 0.857 bits per heavy atom. The highest BCUT2D eigenvalue weighted by molar-refractivity contribution is 5.95. The molecule has 0 N–H and O–H groups in total. The van der Waals surface area contributed by atoms with Crippen molar-refractivity contribution in [3.8, 4) is 5.75 Å². The van der Waals surface area contributed by atoms with Crippen molar-refractivity contribution < 1.29 is 27.5 Å². The summed E-state index contributed by atoms with van der Waals surface area (Å²) in [4.78, 5) is 28.3. The summed E-state index contributed by atoms with van der Waals surface area (Å²) in [6.07, 6.45) is 0.554. The van der Waals surface area contributed by atoms with E-state index in [4.69, 9.17) is 0 Å². The van der Waals surface area contributed by atoms with Crippen LogP contribution >= 0.6 is 0 Å². The van der Waals surface area contributed by atoms with Crippen LogP contribution in [0.2, 0.25) is 0 Å². The Bertz CT molecular complexity index is 843. The maximum Gasteiger partial charge on any atom is 0.387 e. The number of nitrogens with zero attached hydrogens (tertiary/aromatic N) is 2. The van der Waals surface area contributed by atoms with Gasteiger partial charge >= 0.3 is 6.61 Å². The number of hydrogen-bond donors (Lipinski definition) is 0. The van der Waals surface area contributed by atoms with Crippen LogP contribution in [0.4, 0.5) is 13.2 Å². The molecule has 0 atom stereocenters. The summed E-state index contributed by atoms with van der Waals surface area (Å²) in [6.45, 7) is -1.49. The molecule has 1 saturated heterocycles. The number of rotatable bonds is 4. The molecule has 8 heteroatoms. The lowest BCUT2D eigenvalue weighted by Gasteiger charge is -2.22. The van der Waals surface area contributed by atoms with Crippen LogP contribution in [0.5, 0.6) is 5.75 Å². The van der Waals surface area contributed by atoms with Gasteiger partial charge in [-0.2, -0.15) is 8.78 Å².